The predicted octanol–water partition coefficient (Wildman–Crippen LogP) is 5.21. The van der Waals surface area contributed by atoms with Gasteiger partial charge in [-0.1, -0.05) is 12.1 Å². The molecule has 0 spiro atoms. The topological polar surface area (TPSA) is 43.1 Å². The Labute approximate surface area is 129 Å². The fourth-order valence-electron chi connectivity index (χ4n) is 1.86. The van der Waals surface area contributed by atoms with Gasteiger partial charge in [0.2, 0.25) is 0 Å². The summed E-state index contributed by atoms with van der Waals surface area (Å²) in [6.45, 7) is 1.77. The Morgan fingerprint density at radius 2 is 1.77 bits per heavy atom. The maximum Gasteiger partial charge on any atom is 0.416 e. The summed E-state index contributed by atoms with van der Waals surface area (Å²) in [6, 6.07) is 9.55. The maximum atomic E-state index is 12.5. The van der Waals surface area contributed by atoms with E-state index in [4.69, 9.17) is 0 Å². The molecule has 0 unspecified atom stereocenters. The highest BCUT2D eigenvalue weighted by atomic mass is 32.2. The molecule has 0 heterocycles. The van der Waals surface area contributed by atoms with E-state index in [0.29, 0.717) is 5.75 Å². The van der Waals surface area contributed by atoms with Crippen LogP contribution in [0.3, 0.4) is 0 Å². The van der Waals surface area contributed by atoms with Gasteiger partial charge in [-0.05, 0) is 36.2 Å². The van der Waals surface area contributed by atoms with E-state index in [-0.39, 0.29) is 5.69 Å². The molecule has 2 aromatic rings. The smallest absolute Gasteiger partial charge is 0.258 e. The third-order valence-corrected chi connectivity index (χ3v) is 4.29. The summed E-state index contributed by atoms with van der Waals surface area (Å²) in [5.41, 5.74) is 0.881. The number of thioether (sulfide) groups is 1. The number of nitro groups is 1. The molecule has 0 aliphatic carbocycles. The quantitative estimate of drug-likeness (QED) is 0.439. The highest BCUT2D eigenvalue weighted by Gasteiger charge is 2.29. The molecule has 22 heavy (non-hydrogen) atoms. The van der Waals surface area contributed by atoms with E-state index >= 15 is 0 Å². The Balaban J connectivity index is 2.05. The molecule has 0 radical (unpaired) electrons. The van der Waals surface area contributed by atoms with E-state index in [1.165, 1.54) is 36.0 Å². The largest absolute Gasteiger partial charge is 0.416 e. The van der Waals surface area contributed by atoms with Gasteiger partial charge in [0.15, 0.2) is 0 Å². The summed E-state index contributed by atoms with van der Waals surface area (Å²) in [5.74, 6) is 0.497. The summed E-state index contributed by atoms with van der Waals surface area (Å²) < 4.78 is 37.4. The van der Waals surface area contributed by atoms with Crippen LogP contribution >= 0.6 is 11.8 Å². The van der Waals surface area contributed by atoms with E-state index in [0.717, 1.165) is 28.2 Å². The van der Waals surface area contributed by atoms with E-state index < -0.39 is 16.7 Å². The molecule has 7 heteroatoms. The summed E-state index contributed by atoms with van der Waals surface area (Å²) >= 11 is 1.43. The lowest BCUT2D eigenvalue weighted by molar-refractivity contribution is -0.385. The minimum absolute atomic E-state index is 0.0244. The van der Waals surface area contributed by atoms with Crippen molar-refractivity contribution in [1.82, 2.24) is 0 Å². The SMILES string of the molecule is Cc1cc([N+](=O)[O-])ccc1SCc1ccc(C(F)(F)F)cc1. The minimum Gasteiger partial charge on any atom is -0.258 e. The molecule has 0 saturated carbocycles. The van der Waals surface area contributed by atoms with Gasteiger partial charge >= 0.3 is 6.18 Å². The van der Waals surface area contributed by atoms with Crippen LogP contribution in [0.4, 0.5) is 18.9 Å². The van der Waals surface area contributed by atoms with Crippen molar-refractivity contribution in [3.63, 3.8) is 0 Å². The molecule has 0 aliphatic rings. The molecule has 0 N–H and O–H groups in total. The number of alkyl halides is 3. The molecule has 0 aromatic heterocycles. The lowest BCUT2D eigenvalue weighted by atomic mass is 10.1. The van der Waals surface area contributed by atoms with Crippen LogP contribution in [0.1, 0.15) is 16.7 Å². The Bertz CT molecular complexity index is 684. The first-order chi connectivity index (χ1) is 10.3. The van der Waals surface area contributed by atoms with Crippen molar-refractivity contribution < 1.29 is 18.1 Å². The molecule has 0 amide bonds. The monoisotopic (exact) mass is 327 g/mol. The Hall–Kier alpha value is -2.02. The predicted molar refractivity (Wildman–Crippen MR) is 78.8 cm³/mol. The molecule has 2 rings (SSSR count). The lowest BCUT2D eigenvalue weighted by Crippen LogP contribution is -2.04. The number of nitrogens with zero attached hydrogens (tertiary/aromatic N) is 1. The van der Waals surface area contributed by atoms with Gasteiger partial charge in [-0.25, -0.2) is 0 Å². The van der Waals surface area contributed by atoms with Crippen LogP contribution in [-0.4, -0.2) is 4.92 Å². The van der Waals surface area contributed by atoms with Gasteiger partial charge in [0.1, 0.15) is 0 Å². The summed E-state index contributed by atoms with van der Waals surface area (Å²) in [5, 5.41) is 10.7. The molecule has 116 valence electrons. The van der Waals surface area contributed by atoms with Crippen molar-refractivity contribution in [2.24, 2.45) is 0 Å². The molecular formula is C15H12F3NO2S. The molecule has 0 saturated heterocycles. The average Bonchev–Trinajstić information content (AvgIpc) is 2.45. The molecule has 2 aromatic carbocycles. The number of rotatable bonds is 4. The zero-order valence-corrected chi connectivity index (χ0v) is 12.4. The maximum absolute atomic E-state index is 12.5. The third kappa shape index (κ3) is 4.00. The van der Waals surface area contributed by atoms with Crippen LogP contribution in [0.2, 0.25) is 0 Å². The van der Waals surface area contributed by atoms with Gasteiger partial charge in [0.05, 0.1) is 10.5 Å². The van der Waals surface area contributed by atoms with Crippen molar-refractivity contribution in [3.8, 4) is 0 Å². The molecule has 0 atom stereocenters. The molecule has 3 nitrogen and oxygen atoms in total. The van der Waals surface area contributed by atoms with E-state index in [1.54, 1.807) is 13.0 Å². The molecular weight excluding hydrogens is 315 g/mol. The average molecular weight is 327 g/mol. The second kappa shape index (κ2) is 6.39. The second-order valence-electron chi connectivity index (χ2n) is 4.69. The Morgan fingerprint density at radius 3 is 2.27 bits per heavy atom. The molecule has 0 fully saturated rings. The van der Waals surface area contributed by atoms with E-state index in [9.17, 15) is 23.3 Å². The fraction of sp³-hybridized carbons (Fsp3) is 0.200. The minimum atomic E-state index is -4.33. The number of nitro benzene ring substituents is 1. The standard InChI is InChI=1S/C15H12F3NO2S/c1-10-8-13(19(20)21)6-7-14(10)22-9-11-2-4-12(5-3-11)15(16,17)18/h2-8H,9H2,1H3. The lowest BCUT2D eigenvalue weighted by Gasteiger charge is -2.08. The van der Waals surface area contributed by atoms with Crippen molar-refractivity contribution in [2.45, 2.75) is 23.7 Å². The van der Waals surface area contributed by atoms with Crippen molar-refractivity contribution in [1.29, 1.82) is 0 Å². The summed E-state index contributed by atoms with van der Waals surface area (Å²) in [6.07, 6.45) is -4.33. The molecule has 0 aliphatic heterocycles. The zero-order chi connectivity index (χ0) is 16.3. The van der Waals surface area contributed by atoms with Crippen LogP contribution in [0.25, 0.3) is 0 Å². The van der Waals surface area contributed by atoms with E-state index in [1.807, 2.05) is 0 Å². The van der Waals surface area contributed by atoms with Gasteiger partial charge in [-0.2, -0.15) is 13.2 Å². The number of hydrogen-bond acceptors (Lipinski definition) is 3. The third-order valence-electron chi connectivity index (χ3n) is 3.04. The van der Waals surface area contributed by atoms with Gasteiger partial charge in [-0.15, -0.1) is 11.8 Å². The van der Waals surface area contributed by atoms with Crippen LogP contribution in [0.15, 0.2) is 47.4 Å². The number of non-ortho nitro benzene ring substituents is 1. The number of halogens is 3. The highest BCUT2D eigenvalue weighted by Crippen LogP contribution is 2.31. The second-order valence-corrected chi connectivity index (χ2v) is 5.71. The van der Waals surface area contributed by atoms with Crippen LogP contribution in [0, 0.1) is 17.0 Å². The van der Waals surface area contributed by atoms with Gasteiger partial charge < -0.3 is 0 Å². The number of benzene rings is 2. The van der Waals surface area contributed by atoms with E-state index in [2.05, 4.69) is 0 Å². The van der Waals surface area contributed by atoms with Crippen molar-refractivity contribution in [2.75, 3.05) is 0 Å². The van der Waals surface area contributed by atoms with Crippen molar-refractivity contribution in [3.05, 3.63) is 69.3 Å². The first kappa shape index (κ1) is 16.4. The Kier molecular flexibility index (Phi) is 4.75. The fourth-order valence-corrected chi connectivity index (χ4v) is 2.83. The molecule has 0 bridgehead atoms. The van der Waals surface area contributed by atoms with Crippen LogP contribution < -0.4 is 0 Å². The first-order valence-electron chi connectivity index (χ1n) is 6.31. The zero-order valence-electron chi connectivity index (χ0n) is 11.6. The summed E-state index contributed by atoms with van der Waals surface area (Å²) in [4.78, 5) is 11.1. The van der Waals surface area contributed by atoms with Gasteiger partial charge in [0, 0.05) is 22.8 Å². The van der Waals surface area contributed by atoms with Gasteiger partial charge in [0.25, 0.3) is 5.69 Å². The Morgan fingerprint density at radius 1 is 1.14 bits per heavy atom. The van der Waals surface area contributed by atoms with Crippen LogP contribution in [0.5, 0.6) is 0 Å². The number of aryl methyl sites for hydroxylation is 1. The van der Waals surface area contributed by atoms with Crippen LogP contribution in [-0.2, 0) is 11.9 Å². The summed E-state index contributed by atoms with van der Waals surface area (Å²) in [7, 11) is 0. The van der Waals surface area contributed by atoms with Gasteiger partial charge in [-0.3, -0.25) is 10.1 Å². The highest BCUT2D eigenvalue weighted by molar-refractivity contribution is 7.98. The van der Waals surface area contributed by atoms with Crippen molar-refractivity contribution >= 4 is 17.4 Å². The first-order valence-corrected chi connectivity index (χ1v) is 7.30. The number of hydrogen-bond donors (Lipinski definition) is 0. The normalized spacial score (nSPS) is 11.5.